The third kappa shape index (κ3) is 7.24. The van der Waals surface area contributed by atoms with E-state index in [1.807, 2.05) is 19.1 Å². The molecule has 0 aliphatic carbocycles. The summed E-state index contributed by atoms with van der Waals surface area (Å²) >= 11 is 0. The average Bonchev–Trinajstić information content (AvgIpc) is 2.38. The van der Waals surface area contributed by atoms with Crippen molar-refractivity contribution in [3.63, 3.8) is 0 Å². The van der Waals surface area contributed by atoms with Gasteiger partial charge in [0.05, 0.1) is 6.26 Å². The van der Waals surface area contributed by atoms with E-state index in [1.165, 1.54) is 0 Å². The first kappa shape index (κ1) is 17.7. The van der Waals surface area contributed by atoms with Gasteiger partial charge >= 0.3 is 0 Å². The monoisotopic (exact) mass is 312 g/mol. The fourth-order valence-corrected chi connectivity index (χ4v) is 2.49. The summed E-state index contributed by atoms with van der Waals surface area (Å²) in [6.45, 7) is 4.44. The van der Waals surface area contributed by atoms with Gasteiger partial charge in [-0.25, -0.2) is 13.1 Å². The van der Waals surface area contributed by atoms with Gasteiger partial charge in [-0.15, -0.1) is 0 Å². The largest absolute Gasteiger partial charge is 0.350 e. The molecule has 1 amide bonds. The van der Waals surface area contributed by atoms with Crippen molar-refractivity contribution >= 4 is 15.9 Å². The Kier molecular flexibility index (Phi) is 6.84. The van der Waals surface area contributed by atoms with Crippen LogP contribution in [0.15, 0.2) is 24.3 Å². The number of amides is 1. The highest BCUT2D eigenvalue weighted by Crippen LogP contribution is 2.06. The van der Waals surface area contributed by atoms with Crippen LogP contribution < -0.4 is 10.0 Å². The van der Waals surface area contributed by atoms with Crippen molar-refractivity contribution in [1.82, 2.24) is 10.0 Å². The van der Waals surface area contributed by atoms with Gasteiger partial charge in [0.15, 0.2) is 0 Å². The highest BCUT2D eigenvalue weighted by molar-refractivity contribution is 7.88. The average molecular weight is 312 g/mol. The molecule has 0 saturated heterocycles. The van der Waals surface area contributed by atoms with Crippen LogP contribution in [0.2, 0.25) is 0 Å². The highest BCUT2D eigenvalue weighted by Gasteiger charge is 2.09. The summed E-state index contributed by atoms with van der Waals surface area (Å²) in [6.07, 6.45) is 3.73. The fraction of sp³-hybridized carbons (Fsp3) is 0.533. The zero-order valence-corrected chi connectivity index (χ0v) is 13.7. The molecule has 0 aromatic heterocycles. The highest BCUT2D eigenvalue weighted by atomic mass is 32.2. The van der Waals surface area contributed by atoms with Crippen LogP contribution in [0.3, 0.4) is 0 Å². The van der Waals surface area contributed by atoms with E-state index in [-0.39, 0.29) is 11.9 Å². The molecule has 1 atom stereocenters. The molecule has 0 radical (unpaired) electrons. The molecular formula is C15H24N2O3S. The summed E-state index contributed by atoms with van der Waals surface area (Å²) in [6, 6.07) is 7.40. The molecule has 0 aliphatic heterocycles. The summed E-state index contributed by atoms with van der Waals surface area (Å²) in [7, 11) is -3.15. The normalized spacial score (nSPS) is 12.9. The van der Waals surface area contributed by atoms with E-state index in [0.717, 1.165) is 24.7 Å². The van der Waals surface area contributed by atoms with Crippen molar-refractivity contribution in [2.24, 2.45) is 0 Å². The zero-order chi connectivity index (χ0) is 15.9. The molecule has 5 nitrogen and oxygen atoms in total. The fourth-order valence-electron chi connectivity index (χ4n) is 2.02. The molecular weight excluding hydrogens is 288 g/mol. The number of carbonyl (C=O) groups excluding carboxylic acids is 1. The van der Waals surface area contributed by atoms with Gasteiger partial charge in [0.1, 0.15) is 0 Å². The van der Waals surface area contributed by atoms with Crippen LogP contribution in [0.1, 0.15) is 42.6 Å². The van der Waals surface area contributed by atoms with Crippen LogP contribution >= 0.6 is 0 Å². The molecule has 1 unspecified atom stereocenters. The summed E-state index contributed by atoms with van der Waals surface area (Å²) in [5, 5.41) is 2.95. The first-order chi connectivity index (χ1) is 9.81. The predicted octanol–water partition coefficient (Wildman–Crippen LogP) is 1.70. The third-order valence-electron chi connectivity index (χ3n) is 3.09. The number of nitrogens with one attached hydrogen (secondary N) is 2. The van der Waals surface area contributed by atoms with Gasteiger partial charge < -0.3 is 5.32 Å². The SMILES string of the molecule is CCCC(C)NC(=O)c1ccc(CCNS(C)(=O)=O)cc1. The van der Waals surface area contributed by atoms with Gasteiger partial charge in [0.25, 0.3) is 5.91 Å². The third-order valence-corrected chi connectivity index (χ3v) is 3.82. The molecule has 6 heteroatoms. The van der Waals surface area contributed by atoms with E-state index in [9.17, 15) is 13.2 Å². The van der Waals surface area contributed by atoms with E-state index in [0.29, 0.717) is 18.5 Å². The second-order valence-electron chi connectivity index (χ2n) is 5.28. The lowest BCUT2D eigenvalue weighted by molar-refractivity contribution is 0.0938. The van der Waals surface area contributed by atoms with E-state index < -0.39 is 10.0 Å². The summed E-state index contributed by atoms with van der Waals surface area (Å²) in [5.41, 5.74) is 1.61. The Labute approximate surface area is 127 Å². The molecule has 1 aromatic carbocycles. The number of carbonyl (C=O) groups is 1. The molecule has 0 heterocycles. The van der Waals surface area contributed by atoms with Crippen molar-refractivity contribution in [3.8, 4) is 0 Å². The first-order valence-electron chi connectivity index (χ1n) is 7.16. The molecule has 1 aromatic rings. The van der Waals surface area contributed by atoms with Crippen molar-refractivity contribution < 1.29 is 13.2 Å². The molecule has 0 aliphatic rings. The quantitative estimate of drug-likeness (QED) is 0.767. The second-order valence-corrected chi connectivity index (χ2v) is 7.11. The Hall–Kier alpha value is -1.40. The Balaban J connectivity index is 2.51. The smallest absolute Gasteiger partial charge is 0.251 e. The van der Waals surface area contributed by atoms with Crippen LogP contribution in [0, 0.1) is 0 Å². The van der Waals surface area contributed by atoms with E-state index >= 15 is 0 Å². The van der Waals surface area contributed by atoms with E-state index in [4.69, 9.17) is 0 Å². The van der Waals surface area contributed by atoms with Gasteiger partial charge in [-0.3, -0.25) is 4.79 Å². The van der Waals surface area contributed by atoms with Crippen molar-refractivity contribution in [2.45, 2.75) is 39.2 Å². The van der Waals surface area contributed by atoms with Crippen molar-refractivity contribution in [2.75, 3.05) is 12.8 Å². The molecule has 0 saturated carbocycles. The molecule has 1 rings (SSSR count). The number of hydrogen-bond donors (Lipinski definition) is 2. The minimum atomic E-state index is -3.15. The number of hydrogen-bond acceptors (Lipinski definition) is 3. The topological polar surface area (TPSA) is 75.3 Å². The molecule has 0 spiro atoms. The van der Waals surface area contributed by atoms with Gasteiger partial charge in [-0.05, 0) is 37.5 Å². The van der Waals surface area contributed by atoms with Crippen molar-refractivity contribution in [1.29, 1.82) is 0 Å². The Morgan fingerprint density at radius 2 is 1.86 bits per heavy atom. The van der Waals surface area contributed by atoms with E-state index in [1.54, 1.807) is 12.1 Å². The van der Waals surface area contributed by atoms with Crippen LogP contribution in [-0.2, 0) is 16.4 Å². The van der Waals surface area contributed by atoms with Gasteiger partial charge in [0, 0.05) is 18.2 Å². The van der Waals surface area contributed by atoms with Gasteiger partial charge in [-0.1, -0.05) is 25.5 Å². The lowest BCUT2D eigenvalue weighted by Crippen LogP contribution is -2.32. The molecule has 2 N–H and O–H groups in total. The Morgan fingerprint density at radius 3 is 2.38 bits per heavy atom. The lowest BCUT2D eigenvalue weighted by atomic mass is 10.1. The molecule has 118 valence electrons. The Bertz CT molecular complexity index is 553. The standard InChI is InChI=1S/C15H24N2O3S/c1-4-5-12(2)17-15(18)14-8-6-13(7-9-14)10-11-16-21(3,19)20/h6-9,12,16H,4-5,10-11H2,1-3H3,(H,17,18). The summed E-state index contributed by atoms with van der Waals surface area (Å²) in [5.74, 6) is -0.0724. The predicted molar refractivity (Wildman–Crippen MR) is 84.8 cm³/mol. The number of rotatable bonds is 8. The van der Waals surface area contributed by atoms with E-state index in [2.05, 4.69) is 17.0 Å². The number of benzene rings is 1. The molecule has 21 heavy (non-hydrogen) atoms. The van der Waals surface area contributed by atoms with Gasteiger partial charge in [0.2, 0.25) is 10.0 Å². The van der Waals surface area contributed by atoms with Gasteiger partial charge in [-0.2, -0.15) is 0 Å². The lowest BCUT2D eigenvalue weighted by Gasteiger charge is -2.13. The number of sulfonamides is 1. The van der Waals surface area contributed by atoms with Crippen LogP contribution in [0.5, 0.6) is 0 Å². The second kappa shape index (κ2) is 8.14. The maximum absolute atomic E-state index is 12.0. The van der Waals surface area contributed by atoms with Crippen LogP contribution in [-0.4, -0.2) is 33.2 Å². The van der Waals surface area contributed by atoms with Crippen LogP contribution in [0.4, 0.5) is 0 Å². The first-order valence-corrected chi connectivity index (χ1v) is 9.05. The van der Waals surface area contributed by atoms with Crippen molar-refractivity contribution in [3.05, 3.63) is 35.4 Å². The molecule has 0 fully saturated rings. The summed E-state index contributed by atoms with van der Waals surface area (Å²) < 4.78 is 24.4. The maximum Gasteiger partial charge on any atom is 0.251 e. The maximum atomic E-state index is 12.0. The minimum Gasteiger partial charge on any atom is -0.350 e. The minimum absolute atomic E-state index is 0.0724. The molecule has 0 bridgehead atoms. The Morgan fingerprint density at radius 1 is 1.24 bits per heavy atom. The summed E-state index contributed by atoms with van der Waals surface area (Å²) in [4.78, 5) is 12.0. The van der Waals surface area contributed by atoms with Crippen LogP contribution in [0.25, 0.3) is 0 Å². The zero-order valence-electron chi connectivity index (χ0n) is 12.8.